The zero-order valence-electron chi connectivity index (χ0n) is 15.1. The Bertz CT molecular complexity index is 618. The number of hydrogen-bond acceptors (Lipinski definition) is 6. The summed E-state index contributed by atoms with van der Waals surface area (Å²) in [5.74, 6) is -1.00. The molecule has 0 radical (unpaired) electrons. The van der Waals surface area contributed by atoms with Gasteiger partial charge in [-0.1, -0.05) is 30.3 Å². The molecule has 0 bridgehead atoms. The Morgan fingerprint density at radius 2 is 1.77 bits per heavy atom. The van der Waals surface area contributed by atoms with Gasteiger partial charge < -0.3 is 19.5 Å². The number of carbonyl (C=O) groups excluding carboxylic acids is 3. The van der Waals surface area contributed by atoms with Crippen LogP contribution in [-0.4, -0.2) is 37.3 Å². The second-order valence-corrected chi connectivity index (χ2v) is 6.10. The molecule has 7 heteroatoms. The van der Waals surface area contributed by atoms with Crippen molar-refractivity contribution in [3.8, 4) is 0 Å². The van der Waals surface area contributed by atoms with Crippen LogP contribution < -0.4 is 5.32 Å². The van der Waals surface area contributed by atoms with Crippen LogP contribution >= 0.6 is 0 Å². The van der Waals surface area contributed by atoms with E-state index in [4.69, 9.17) is 14.2 Å². The van der Waals surface area contributed by atoms with Crippen molar-refractivity contribution in [2.24, 2.45) is 11.8 Å². The zero-order chi connectivity index (χ0) is 18.9. The van der Waals surface area contributed by atoms with Crippen molar-refractivity contribution in [2.45, 2.75) is 39.3 Å². The first-order valence-electron chi connectivity index (χ1n) is 8.85. The van der Waals surface area contributed by atoms with Gasteiger partial charge in [0, 0.05) is 0 Å². The van der Waals surface area contributed by atoms with E-state index in [0.29, 0.717) is 19.4 Å². The minimum Gasteiger partial charge on any atom is -0.466 e. The van der Waals surface area contributed by atoms with E-state index in [0.717, 1.165) is 5.56 Å². The van der Waals surface area contributed by atoms with Crippen LogP contribution in [0.25, 0.3) is 0 Å². The minimum absolute atomic E-state index is 0.00196. The second kappa shape index (κ2) is 9.79. The lowest BCUT2D eigenvalue weighted by molar-refractivity contribution is -0.147. The third kappa shape index (κ3) is 6.06. The van der Waals surface area contributed by atoms with Crippen molar-refractivity contribution in [3.05, 3.63) is 35.9 Å². The van der Waals surface area contributed by atoms with Gasteiger partial charge in [0.15, 0.2) is 0 Å². The number of amides is 1. The van der Waals surface area contributed by atoms with Gasteiger partial charge in [0.1, 0.15) is 12.6 Å². The monoisotopic (exact) mass is 363 g/mol. The Kier molecular flexibility index (Phi) is 7.44. The molecule has 1 aromatic rings. The Balaban J connectivity index is 1.85. The summed E-state index contributed by atoms with van der Waals surface area (Å²) < 4.78 is 15.2. The highest BCUT2D eigenvalue weighted by atomic mass is 16.6. The Hall–Kier alpha value is -2.57. The predicted molar refractivity (Wildman–Crippen MR) is 93.0 cm³/mol. The molecule has 26 heavy (non-hydrogen) atoms. The smallest absolute Gasteiger partial charge is 0.408 e. The van der Waals surface area contributed by atoms with Crippen LogP contribution in [-0.2, 0) is 30.4 Å². The molecule has 1 fully saturated rings. The number of ether oxygens (including phenoxy) is 3. The topological polar surface area (TPSA) is 90.9 Å². The van der Waals surface area contributed by atoms with Gasteiger partial charge in [-0.3, -0.25) is 4.79 Å². The first kappa shape index (κ1) is 19.8. The fourth-order valence-electron chi connectivity index (χ4n) is 2.71. The third-order valence-electron chi connectivity index (χ3n) is 4.13. The van der Waals surface area contributed by atoms with Crippen molar-refractivity contribution >= 4 is 18.0 Å². The first-order chi connectivity index (χ1) is 12.5. The van der Waals surface area contributed by atoms with Gasteiger partial charge in [-0.2, -0.15) is 0 Å². The molecule has 2 rings (SSSR count). The van der Waals surface area contributed by atoms with Crippen molar-refractivity contribution in [3.63, 3.8) is 0 Å². The molecule has 0 saturated heterocycles. The van der Waals surface area contributed by atoms with Gasteiger partial charge in [-0.05, 0) is 38.2 Å². The summed E-state index contributed by atoms with van der Waals surface area (Å²) in [6, 6.07) is 8.40. The number of carbonyl (C=O) groups is 3. The minimum atomic E-state index is -0.845. The summed E-state index contributed by atoms with van der Waals surface area (Å²) in [6.45, 7) is 4.09. The first-order valence-corrected chi connectivity index (χ1v) is 8.85. The van der Waals surface area contributed by atoms with E-state index in [1.807, 2.05) is 30.3 Å². The quantitative estimate of drug-likeness (QED) is 0.535. The predicted octanol–water partition coefficient (Wildman–Crippen LogP) is 2.43. The summed E-state index contributed by atoms with van der Waals surface area (Å²) >= 11 is 0. The summed E-state index contributed by atoms with van der Waals surface area (Å²) in [7, 11) is 0. The van der Waals surface area contributed by atoms with Crippen LogP contribution in [0.4, 0.5) is 4.79 Å². The Morgan fingerprint density at radius 3 is 2.42 bits per heavy atom. The van der Waals surface area contributed by atoms with E-state index in [1.165, 1.54) is 0 Å². The van der Waals surface area contributed by atoms with E-state index in [2.05, 4.69) is 5.32 Å². The number of benzene rings is 1. The average Bonchev–Trinajstić information content (AvgIpc) is 3.40. The number of hydrogen-bond donors (Lipinski definition) is 1. The highest BCUT2D eigenvalue weighted by molar-refractivity contribution is 5.82. The molecule has 1 saturated carbocycles. The van der Waals surface area contributed by atoms with Crippen molar-refractivity contribution < 1.29 is 28.6 Å². The molecule has 0 heterocycles. The van der Waals surface area contributed by atoms with Gasteiger partial charge in [-0.15, -0.1) is 0 Å². The van der Waals surface area contributed by atoms with E-state index < -0.39 is 18.1 Å². The lowest BCUT2D eigenvalue weighted by atomic mass is 10.1. The molecule has 1 aliphatic carbocycles. The molecular formula is C19H25NO6. The van der Waals surface area contributed by atoms with Crippen LogP contribution in [0, 0.1) is 11.8 Å². The SMILES string of the molecule is CCOC(=O)[C@H]1C[C@@H]1C[C@@H](NC(=O)OCc1ccccc1)C(=O)OCC. The normalized spacial score (nSPS) is 19.2. The highest BCUT2D eigenvalue weighted by Crippen LogP contribution is 2.43. The molecule has 1 amide bonds. The molecular weight excluding hydrogens is 338 g/mol. The van der Waals surface area contributed by atoms with Crippen LogP contribution in [0.1, 0.15) is 32.3 Å². The van der Waals surface area contributed by atoms with Crippen molar-refractivity contribution in [1.29, 1.82) is 0 Å². The molecule has 7 nitrogen and oxygen atoms in total. The van der Waals surface area contributed by atoms with Crippen LogP contribution in [0.3, 0.4) is 0 Å². The van der Waals surface area contributed by atoms with Crippen LogP contribution in [0.15, 0.2) is 30.3 Å². The summed E-state index contributed by atoms with van der Waals surface area (Å²) in [5.41, 5.74) is 0.847. The summed E-state index contributed by atoms with van der Waals surface area (Å²) in [6.07, 6.45) is 0.276. The van der Waals surface area contributed by atoms with E-state index in [1.54, 1.807) is 13.8 Å². The van der Waals surface area contributed by atoms with Gasteiger partial charge in [0.2, 0.25) is 0 Å². The fourth-order valence-corrected chi connectivity index (χ4v) is 2.71. The van der Waals surface area contributed by atoms with Crippen molar-refractivity contribution in [1.82, 2.24) is 5.32 Å². The van der Waals surface area contributed by atoms with Crippen LogP contribution in [0.2, 0.25) is 0 Å². The molecule has 0 aliphatic heterocycles. The van der Waals surface area contributed by atoms with Gasteiger partial charge in [0.05, 0.1) is 19.1 Å². The molecule has 1 aliphatic rings. The molecule has 1 aromatic carbocycles. The zero-order valence-corrected chi connectivity index (χ0v) is 15.1. The lowest BCUT2D eigenvalue weighted by Gasteiger charge is -2.17. The van der Waals surface area contributed by atoms with Gasteiger partial charge in [0.25, 0.3) is 0 Å². The number of alkyl carbamates (subject to hydrolysis) is 1. The maximum atomic E-state index is 12.1. The number of rotatable bonds is 9. The molecule has 1 N–H and O–H groups in total. The number of nitrogens with one attached hydrogen (secondary N) is 1. The van der Waals surface area contributed by atoms with Gasteiger partial charge in [-0.25, -0.2) is 9.59 Å². The van der Waals surface area contributed by atoms with E-state index in [9.17, 15) is 14.4 Å². The molecule has 0 aromatic heterocycles. The van der Waals surface area contributed by atoms with Crippen LogP contribution in [0.5, 0.6) is 0 Å². The largest absolute Gasteiger partial charge is 0.466 e. The molecule has 142 valence electrons. The van der Waals surface area contributed by atoms with E-state index >= 15 is 0 Å². The average molecular weight is 363 g/mol. The molecule has 0 spiro atoms. The number of esters is 2. The third-order valence-corrected chi connectivity index (χ3v) is 4.13. The Morgan fingerprint density at radius 1 is 1.08 bits per heavy atom. The van der Waals surface area contributed by atoms with E-state index in [-0.39, 0.29) is 31.0 Å². The van der Waals surface area contributed by atoms with Gasteiger partial charge >= 0.3 is 18.0 Å². The highest BCUT2D eigenvalue weighted by Gasteiger charge is 2.46. The summed E-state index contributed by atoms with van der Waals surface area (Å²) in [5, 5.41) is 2.55. The molecule has 0 unspecified atom stereocenters. The maximum absolute atomic E-state index is 12.1. The maximum Gasteiger partial charge on any atom is 0.408 e. The van der Waals surface area contributed by atoms with Crippen molar-refractivity contribution in [2.75, 3.05) is 13.2 Å². The lowest BCUT2D eigenvalue weighted by Crippen LogP contribution is -2.42. The molecule has 3 atom stereocenters. The fraction of sp³-hybridized carbons (Fsp3) is 0.526. The summed E-state index contributed by atoms with van der Waals surface area (Å²) in [4.78, 5) is 35.9. The Labute approximate surface area is 153 Å². The second-order valence-electron chi connectivity index (χ2n) is 6.10. The standard InChI is InChI=1S/C19H25NO6/c1-3-24-17(21)15-10-14(15)11-16(18(22)25-4-2)20-19(23)26-12-13-8-6-5-7-9-13/h5-9,14-16H,3-4,10-12H2,1-2H3,(H,20,23)/t14-,15+,16-/m1/s1.